The Bertz CT molecular complexity index is 587. The predicted molar refractivity (Wildman–Crippen MR) is 85.3 cm³/mol. The minimum absolute atomic E-state index is 0.270. The lowest BCUT2D eigenvalue weighted by Crippen LogP contribution is -2.53. The summed E-state index contributed by atoms with van der Waals surface area (Å²) in [6.45, 7) is 11.3. The first-order chi connectivity index (χ1) is 9.55. The van der Waals surface area contributed by atoms with Crippen LogP contribution in [-0.4, -0.2) is 41.6 Å². The molecule has 1 aliphatic rings. The van der Waals surface area contributed by atoms with Gasteiger partial charge in [-0.1, -0.05) is 18.2 Å². The fourth-order valence-corrected chi connectivity index (χ4v) is 2.97. The summed E-state index contributed by atoms with van der Waals surface area (Å²) in [5.41, 5.74) is 2.68. The summed E-state index contributed by atoms with van der Waals surface area (Å²) >= 11 is 0. The molecule has 0 aliphatic carbocycles. The summed E-state index contributed by atoms with van der Waals surface area (Å²) < 4.78 is 0. The zero-order chi connectivity index (χ0) is 14.2. The second-order valence-corrected chi connectivity index (χ2v) is 6.49. The number of hydrogen-bond donors (Lipinski definition) is 0. The highest BCUT2D eigenvalue weighted by atomic mass is 15.3. The van der Waals surface area contributed by atoms with Crippen LogP contribution < -0.4 is 4.90 Å². The first kappa shape index (κ1) is 13.4. The fraction of sp³-hybridized carbons (Fsp3) is 0.471. The summed E-state index contributed by atoms with van der Waals surface area (Å²) in [5, 5.41) is 1.26. The molecule has 106 valence electrons. The molecule has 3 rings (SSSR count). The van der Waals surface area contributed by atoms with Gasteiger partial charge in [0.15, 0.2) is 0 Å². The first-order valence-electron chi connectivity index (χ1n) is 7.39. The highest BCUT2D eigenvalue weighted by Gasteiger charge is 2.26. The Hall–Kier alpha value is -1.61. The van der Waals surface area contributed by atoms with E-state index in [1.165, 1.54) is 11.1 Å². The van der Waals surface area contributed by atoms with Crippen molar-refractivity contribution in [3.8, 4) is 0 Å². The van der Waals surface area contributed by atoms with Crippen LogP contribution >= 0.6 is 0 Å². The molecular weight excluding hydrogens is 246 g/mol. The van der Waals surface area contributed by atoms with Crippen molar-refractivity contribution in [2.75, 3.05) is 31.1 Å². The third kappa shape index (κ3) is 2.50. The number of fused-ring (bicyclic) bond motifs is 1. The van der Waals surface area contributed by atoms with Gasteiger partial charge in [0.2, 0.25) is 0 Å². The van der Waals surface area contributed by atoms with E-state index in [-0.39, 0.29) is 5.54 Å². The van der Waals surface area contributed by atoms with Crippen molar-refractivity contribution in [1.29, 1.82) is 0 Å². The van der Waals surface area contributed by atoms with Crippen molar-refractivity contribution in [3.63, 3.8) is 0 Å². The molecular formula is C17H23N3. The van der Waals surface area contributed by atoms with Crippen LogP contribution in [0.2, 0.25) is 0 Å². The molecule has 0 bridgehead atoms. The second-order valence-electron chi connectivity index (χ2n) is 6.49. The number of para-hydroxylation sites is 1. The van der Waals surface area contributed by atoms with Crippen molar-refractivity contribution in [2.45, 2.75) is 26.3 Å². The van der Waals surface area contributed by atoms with Gasteiger partial charge in [-0.3, -0.25) is 9.88 Å². The molecule has 0 saturated carbocycles. The first-order valence-corrected chi connectivity index (χ1v) is 7.39. The van der Waals surface area contributed by atoms with Crippen molar-refractivity contribution in [3.05, 3.63) is 36.5 Å². The Morgan fingerprint density at radius 1 is 0.950 bits per heavy atom. The van der Waals surface area contributed by atoms with Crippen LogP contribution in [0.15, 0.2) is 36.5 Å². The van der Waals surface area contributed by atoms with Gasteiger partial charge < -0.3 is 4.90 Å². The zero-order valence-corrected chi connectivity index (χ0v) is 12.6. The van der Waals surface area contributed by atoms with E-state index in [2.05, 4.69) is 65.9 Å². The van der Waals surface area contributed by atoms with E-state index in [9.17, 15) is 0 Å². The molecule has 0 unspecified atom stereocenters. The van der Waals surface area contributed by atoms with Crippen LogP contribution in [0.4, 0.5) is 5.69 Å². The molecule has 3 nitrogen and oxygen atoms in total. The Morgan fingerprint density at radius 2 is 1.65 bits per heavy atom. The van der Waals surface area contributed by atoms with Gasteiger partial charge in [-0.15, -0.1) is 0 Å². The van der Waals surface area contributed by atoms with Gasteiger partial charge in [-0.05, 0) is 32.9 Å². The number of aromatic nitrogens is 1. The number of benzene rings is 1. The monoisotopic (exact) mass is 269 g/mol. The Labute approximate surface area is 121 Å². The highest BCUT2D eigenvalue weighted by molar-refractivity contribution is 5.91. The molecule has 3 heteroatoms. The summed E-state index contributed by atoms with van der Waals surface area (Å²) in [4.78, 5) is 9.51. The second kappa shape index (κ2) is 5.06. The molecule has 1 fully saturated rings. The number of nitrogens with zero attached hydrogens (tertiary/aromatic N) is 3. The standard InChI is InChI=1S/C17H23N3/c1-17(2,3)20-12-10-19(11-13-20)16-8-9-18-15-7-5-4-6-14(15)16/h4-9H,10-13H2,1-3H3. The van der Waals surface area contributed by atoms with E-state index in [0.29, 0.717) is 0 Å². The van der Waals surface area contributed by atoms with E-state index in [0.717, 1.165) is 31.7 Å². The van der Waals surface area contributed by atoms with Crippen LogP contribution in [0.5, 0.6) is 0 Å². The van der Waals surface area contributed by atoms with Gasteiger partial charge in [0, 0.05) is 49.0 Å². The Kier molecular flexibility index (Phi) is 3.38. The third-order valence-electron chi connectivity index (χ3n) is 4.20. The third-order valence-corrected chi connectivity index (χ3v) is 4.20. The molecule has 1 aliphatic heterocycles. The largest absolute Gasteiger partial charge is 0.368 e. The van der Waals surface area contributed by atoms with Gasteiger partial charge in [0.1, 0.15) is 0 Å². The Morgan fingerprint density at radius 3 is 2.35 bits per heavy atom. The number of piperazine rings is 1. The van der Waals surface area contributed by atoms with Crippen LogP contribution in [0.25, 0.3) is 10.9 Å². The molecule has 1 aromatic heterocycles. The summed E-state index contributed by atoms with van der Waals surface area (Å²) in [5.74, 6) is 0. The number of pyridine rings is 1. The van der Waals surface area contributed by atoms with E-state index in [4.69, 9.17) is 0 Å². The van der Waals surface area contributed by atoms with E-state index < -0.39 is 0 Å². The molecule has 0 atom stereocenters. The van der Waals surface area contributed by atoms with Crippen LogP contribution in [0, 0.1) is 0 Å². The minimum atomic E-state index is 0.270. The molecule has 0 amide bonds. The average molecular weight is 269 g/mol. The topological polar surface area (TPSA) is 19.4 Å². The lowest BCUT2D eigenvalue weighted by molar-refractivity contribution is 0.128. The van der Waals surface area contributed by atoms with Gasteiger partial charge in [0.05, 0.1) is 5.52 Å². The lowest BCUT2D eigenvalue weighted by atomic mass is 10.0. The van der Waals surface area contributed by atoms with Gasteiger partial charge in [-0.25, -0.2) is 0 Å². The van der Waals surface area contributed by atoms with Gasteiger partial charge in [-0.2, -0.15) is 0 Å². The van der Waals surface area contributed by atoms with Crippen LogP contribution in [-0.2, 0) is 0 Å². The molecule has 2 heterocycles. The molecule has 0 N–H and O–H groups in total. The van der Waals surface area contributed by atoms with Gasteiger partial charge in [0.25, 0.3) is 0 Å². The van der Waals surface area contributed by atoms with Crippen molar-refractivity contribution in [1.82, 2.24) is 9.88 Å². The van der Waals surface area contributed by atoms with Crippen LogP contribution in [0.3, 0.4) is 0 Å². The Balaban J connectivity index is 1.84. The summed E-state index contributed by atoms with van der Waals surface area (Å²) in [6.07, 6.45) is 1.92. The zero-order valence-electron chi connectivity index (χ0n) is 12.6. The number of rotatable bonds is 1. The van der Waals surface area contributed by atoms with E-state index in [1.54, 1.807) is 0 Å². The lowest BCUT2D eigenvalue weighted by Gasteiger charge is -2.43. The van der Waals surface area contributed by atoms with Crippen molar-refractivity contribution in [2.24, 2.45) is 0 Å². The smallest absolute Gasteiger partial charge is 0.0722 e. The summed E-state index contributed by atoms with van der Waals surface area (Å²) in [7, 11) is 0. The number of hydrogen-bond acceptors (Lipinski definition) is 3. The maximum Gasteiger partial charge on any atom is 0.0722 e. The molecule has 0 spiro atoms. The summed E-state index contributed by atoms with van der Waals surface area (Å²) in [6, 6.07) is 10.6. The molecule has 0 radical (unpaired) electrons. The van der Waals surface area contributed by atoms with Gasteiger partial charge >= 0.3 is 0 Å². The van der Waals surface area contributed by atoms with Crippen molar-refractivity contribution >= 4 is 16.6 Å². The normalized spacial score (nSPS) is 17.6. The van der Waals surface area contributed by atoms with E-state index >= 15 is 0 Å². The minimum Gasteiger partial charge on any atom is -0.368 e. The van der Waals surface area contributed by atoms with Crippen LogP contribution in [0.1, 0.15) is 20.8 Å². The quantitative estimate of drug-likeness (QED) is 0.793. The predicted octanol–water partition coefficient (Wildman–Crippen LogP) is 3.16. The highest BCUT2D eigenvalue weighted by Crippen LogP contribution is 2.27. The molecule has 20 heavy (non-hydrogen) atoms. The van der Waals surface area contributed by atoms with Crippen molar-refractivity contribution < 1.29 is 0 Å². The van der Waals surface area contributed by atoms with E-state index in [1.807, 2.05) is 6.20 Å². The number of anilines is 1. The molecule has 1 saturated heterocycles. The maximum atomic E-state index is 4.45. The molecule has 1 aromatic carbocycles. The molecule has 2 aromatic rings. The maximum absolute atomic E-state index is 4.45. The average Bonchev–Trinajstić information content (AvgIpc) is 2.46. The fourth-order valence-electron chi connectivity index (χ4n) is 2.97. The SMILES string of the molecule is CC(C)(C)N1CCN(c2ccnc3ccccc23)CC1.